The molecular formula is C36H38N2O4. The molecule has 4 aromatic rings. The number of aliphatic carboxylic acids is 1. The Labute approximate surface area is 248 Å². The third-order valence-corrected chi connectivity index (χ3v) is 7.55. The van der Waals surface area contributed by atoms with E-state index in [-0.39, 0.29) is 12.2 Å². The van der Waals surface area contributed by atoms with E-state index in [1.54, 1.807) is 36.4 Å². The van der Waals surface area contributed by atoms with Crippen molar-refractivity contribution in [1.82, 2.24) is 4.90 Å². The second-order valence-electron chi connectivity index (χ2n) is 11.0. The van der Waals surface area contributed by atoms with Gasteiger partial charge in [-0.15, -0.1) is 0 Å². The van der Waals surface area contributed by atoms with Crippen molar-refractivity contribution >= 4 is 17.4 Å². The minimum atomic E-state index is -0.983. The first-order valence-electron chi connectivity index (χ1n) is 14.7. The number of benzene rings is 4. The highest BCUT2D eigenvalue weighted by Crippen LogP contribution is 2.30. The molecule has 0 bridgehead atoms. The molecule has 1 saturated carbocycles. The van der Waals surface area contributed by atoms with E-state index in [2.05, 4.69) is 40.5 Å². The molecule has 6 nitrogen and oxygen atoms in total. The van der Waals surface area contributed by atoms with Crippen molar-refractivity contribution in [2.75, 3.05) is 25.0 Å². The predicted octanol–water partition coefficient (Wildman–Crippen LogP) is 6.71. The molecule has 0 spiro atoms. The number of carbonyl (C=O) groups excluding carboxylic acids is 1. The van der Waals surface area contributed by atoms with E-state index < -0.39 is 12.0 Å². The van der Waals surface area contributed by atoms with Crippen LogP contribution in [0.15, 0.2) is 109 Å². The van der Waals surface area contributed by atoms with E-state index in [4.69, 9.17) is 4.74 Å². The number of rotatable bonds is 16. The van der Waals surface area contributed by atoms with E-state index in [1.165, 1.54) is 18.4 Å². The van der Waals surface area contributed by atoms with Crippen LogP contribution in [-0.2, 0) is 17.8 Å². The van der Waals surface area contributed by atoms with Gasteiger partial charge in [0.2, 0.25) is 0 Å². The van der Waals surface area contributed by atoms with Gasteiger partial charge in [-0.25, -0.2) is 4.79 Å². The zero-order valence-corrected chi connectivity index (χ0v) is 23.8. The van der Waals surface area contributed by atoms with Gasteiger partial charge in [0, 0.05) is 42.9 Å². The SMILES string of the molecule is O=C(c1ccccc1)c1ccccc1N[C@@H](Cc1ccc(OCCCN(Cc2ccccc2)CC2CC2)cc1)C(=O)O. The molecule has 42 heavy (non-hydrogen) atoms. The number of nitrogens with zero attached hydrogens (tertiary/aromatic N) is 1. The number of para-hydroxylation sites is 1. The molecule has 6 heteroatoms. The van der Waals surface area contributed by atoms with Gasteiger partial charge in [0.25, 0.3) is 0 Å². The lowest BCUT2D eigenvalue weighted by atomic mass is 10.00. The molecule has 216 valence electrons. The standard InChI is InChI=1S/C36H38N2O4/c39-35(30-12-5-2-6-13-30)32-14-7-8-15-33(32)37-34(36(40)41)24-27-18-20-31(21-19-27)42-23-9-22-38(26-29-16-17-29)25-28-10-3-1-4-11-28/h1-8,10-15,18-21,29,34,37H,9,16-17,22-26H2,(H,40,41)/t34-/m0/s1. The molecule has 1 aliphatic carbocycles. The molecule has 0 unspecified atom stereocenters. The third kappa shape index (κ3) is 8.54. The first kappa shape index (κ1) is 29.1. The van der Waals surface area contributed by atoms with Crippen molar-refractivity contribution in [3.8, 4) is 5.75 Å². The fraction of sp³-hybridized carbons (Fsp3) is 0.278. The summed E-state index contributed by atoms with van der Waals surface area (Å²) in [4.78, 5) is 27.8. The van der Waals surface area contributed by atoms with Crippen LogP contribution in [0.2, 0.25) is 0 Å². The average Bonchev–Trinajstić information content (AvgIpc) is 3.84. The highest BCUT2D eigenvalue weighted by atomic mass is 16.5. The summed E-state index contributed by atoms with van der Waals surface area (Å²) in [5, 5.41) is 13.1. The lowest BCUT2D eigenvalue weighted by molar-refractivity contribution is -0.137. The average molecular weight is 563 g/mol. The Hall–Kier alpha value is -4.42. The number of hydrogen-bond acceptors (Lipinski definition) is 5. The number of ether oxygens (including phenoxy) is 1. The molecule has 1 aliphatic rings. The van der Waals surface area contributed by atoms with Crippen LogP contribution < -0.4 is 10.1 Å². The summed E-state index contributed by atoms with van der Waals surface area (Å²) in [6.07, 6.45) is 3.88. The van der Waals surface area contributed by atoms with Crippen LogP contribution in [-0.4, -0.2) is 47.5 Å². The molecule has 0 amide bonds. The summed E-state index contributed by atoms with van der Waals surface area (Å²) < 4.78 is 6.02. The van der Waals surface area contributed by atoms with E-state index in [0.717, 1.165) is 43.3 Å². The minimum absolute atomic E-state index is 0.153. The van der Waals surface area contributed by atoms with Gasteiger partial charge in [0.15, 0.2) is 5.78 Å². The van der Waals surface area contributed by atoms with Crippen molar-refractivity contribution < 1.29 is 19.4 Å². The zero-order chi connectivity index (χ0) is 29.1. The summed E-state index contributed by atoms with van der Waals surface area (Å²) in [6, 6.07) is 33.4. The normalized spacial score (nSPS) is 13.5. The van der Waals surface area contributed by atoms with Gasteiger partial charge in [0.1, 0.15) is 11.8 Å². The number of carbonyl (C=O) groups is 2. The van der Waals surface area contributed by atoms with Crippen LogP contribution in [0.25, 0.3) is 0 Å². The molecule has 0 heterocycles. The van der Waals surface area contributed by atoms with Gasteiger partial charge in [-0.2, -0.15) is 0 Å². The molecule has 2 N–H and O–H groups in total. The van der Waals surface area contributed by atoms with Crippen LogP contribution in [0.3, 0.4) is 0 Å². The van der Waals surface area contributed by atoms with Gasteiger partial charge < -0.3 is 15.2 Å². The first-order chi connectivity index (χ1) is 20.5. The fourth-order valence-corrected chi connectivity index (χ4v) is 5.12. The maximum atomic E-state index is 13.1. The predicted molar refractivity (Wildman–Crippen MR) is 166 cm³/mol. The van der Waals surface area contributed by atoms with Crippen molar-refractivity contribution in [2.45, 2.75) is 38.3 Å². The molecule has 5 rings (SSSR count). The lowest BCUT2D eigenvalue weighted by Crippen LogP contribution is -2.32. The second kappa shape index (κ2) is 14.5. The molecule has 1 fully saturated rings. The molecule has 4 aromatic carbocycles. The quantitative estimate of drug-likeness (QED) is 0.117. The number of nitrogens with one attached hydrogen (secondary N) is 1. The fourth-order valence-electron chi connectivity index (χ4n) is 5.12. The number of carboxylic acids is 1. The topological polar surface area (TPSA) is 78.9 Å². The van der Waals surface area contributed by atoms with E-state index in [1.807, 2.05) is 42.5 Å². The van der Waals surface area contributed by atoms with Crippen LogP contribution in [0.4, 0.5) is 5.69 Å². The summed E-state index contributed by atoms with van der Waals surface area (Å²) in [7, 11) is 0. The summed E-state index contributed by atoms with van der Waals surface area (Å²) in [6.45, 7) is 3.73. The van der Waals surface area contributed by atoms with Crippen LogP contribution in [0.5, 0.6) is 5.75 Å². The van der Waals surface area contributed by atoms with E-state index in [9.17, 15) is 14.7 Å². The number of ketones is 1. The maximum absolute atomic E-state index is 13.1. The maximum Gasteiger partial charge on any atom is 0.326 e. The van der Waals surface area contributed by atoms with Gasteiger partial charge in [-0.1, -0.05) is 84.9 Å². The minimum Gasteiger partial charge on any atom is -0.494 e. The Balaban J connectivity index is 1.13. The van der Waals surface area contributed by atoms with Crippen molar-refractivity contribution in [2.24, 2.45) is 5.92 Å². The summed E-state index contributed by atoms with van der Waals surface area (Å²) in [5.41, 5.74) is 3.71. The van der Waals surface area contributed by atoms with Crippen LogP contribution in [0, 0.1) is 5.92 Å². The van der Waals surface area contributed by atoms with Crippen molar-refractivity contribution in [1.29, 1.82) is 0 Å². The van der Waals surface area contributed by atoms with Gasteiger partial charge in [0.05, 0.1) is 6.61 Å². The molecule has 1 atom stereocenters. The molecule has 0 radical (unpaired) electrons. The smallest absolute Gasteiger partial charge is 0.326 e. The third-order valence-electron chi connectivity index (χ3n) is 7.55. The van der Waals surface area contributed by atoms with E-state index in [0.29, 0.717) is 23.4 Å². The Morgan fingerprint density at radius 3 is 2.19 bits per heavy atom. The van der Waals surface area contributed by atoms with Crippen LogP contribution >= 0.6 is 0 Å². The lowest BCUT2D eigenvalue weighted by Gasteiger charge is -2.22. The van der Waals surface area contributed by atoms with E-state index >= 15 is 0 Å². The largest absolute Gasteiger partial charge is 0.494 e. The Bertz CT molecular complexity index is 1440. The van der Waals surface area contributed by atoms with Gasteiger partial charge in [-0.3, -0.25) is 9.69 Å². The van der Waals surface area contributed by atoms with Crippen LogP contribution in [0.1, 0.15) is 46.3 Å². The molecule has 0 saturated heterocycles. The number of hydrogen-bond donors (Lipinski definition) is 2. The summed E-state index contributed by atoms with van der Waals surface area (Å²) >= 11 is 0. The molecule has 0 aliphatic heterocycles. The van der Waals surface area contributed by atoms with Crippen molar-refractivity contribution in [3.05, 3.63) is 131 Å². The van der Waals surface area contributed by atoms with Gasteiger partial charge in [-0.05, 0) is 60.6 Å². The van der Waals surface area contributed by atoms with Gasteiger partial charge >= 0.3 is 5.97 Å². The monoisotopic (exact) mass is 562 g/mol. The Kier molecular flexibility index (Phi) is 10.0. The highest BCUT2D eigenvalue weighted by Gasteiger charge is 2.24. The summed E-state index contributed by atoms with van der Waals surface area (Å²) in [5.74, 6) is 0.474. The zero-order valence-electron chi connectivity index (χ0n) is 23.8. The Morgan fingerprint density at radius 2 is 1.50 bits per heavy atom. The second-order valence-corrected chi connectivity index (χ2v) is 11.0. The molecule has 0 aromatic heterocycles. The highest BCUT2D eigenvalue weighted by molar-refractivity contribution is 6.12. The van der Waals surface area contributed by atoms with Crippen molar-refractivity contribution in [3.63, 3.8) is 0 Å². The first-order valence-corrected chi connectivity index (χ1v) is 14.7. The molecular weight excluding hydrogens is 524 g/mol. The number of carboxylic acid groups (broad SMARTS) is 1. The number of anilines is 1. The Morgan fingerprint density at radius 1 is 0.833 bits per heavy atom.